The predicted octanol–water partition coefficient (Wildman–Crippen LogP) is 6.81. The van der Waals surface area contributed by atoms with E-state index in [1.54, 1.807) is 0 Å². The van der Waals surface area contributed by atoms with Crippen molar-refractivity contribution in [2.75, 3.05) is 18.5 Å². The van der Waals surface area contributed by atoms with Gasteiger partial charge in [-0.3, -0.25) is 0 Å². The van der Waals surface area contributed by atoms with Crippen molar-refractivity contribution in [1.82, 2.24) is 0 Å². The summed E-state index contributed by atoms with van der Waals surface area (Å²) in [5.74, 6) is -15.6. The third kappa shape index (κ3) is 7.41. The third-order valence-electron chi connectivity index (χ3n) is 3.18. The average Bonchev–Trinajstić information content (AvgIpc) is 2.54. The monoisotopic (exact) mass is 580 g/mol. The largest absolute Gasteiger partial charge is 0.460 e. The van der Waals surface area contributed by atoms with Crippen LogP contribution in [0.3, 0.4) is 0 Å². The SMILES string of the molecule is FC(F)(COCCCCCBr)OC(F)(F)C(F)(F)OC(F)(F)C(F)(F)C(F)(F)C(F)(F)F. The zero-order valence-corrected chi connectivity index (χ0v) is 16.6. The van der Waals surface area contributed by atoms with E-state index in [1.165, 1.54) is 4.74 Å². The first kappa shape index (κ1) is 31.3. The van der Waals surface area contributed by atoms with Gasteiger partial charge in [0.25, 0.3) is 0 Å². The Balaban J connectivity index is 5.40. The molecule has 3 nitrogen and oxygen atoms in total. The second kappa shape index (κ2) is 10.3. The van der Waals surface area contributed by atoms with Gasteiger partial charge in [-0.2, -0.15) is 65.9 Å². The third-order valence-corrected chi connectivity index (χ3v) is 3.74. The number of rotatable bonds is 14. The Morgan fingerprint density at radius 3 is 1.44 bits per heavy atom. The molecule has 0 N–H and O–H groups in total. The summed E-state index contributed by atoms with van der Waals surface area (Å²) in [6, 6.07) is 0. The molecular formula is C13H12BrF15O3. The first-order valence-corrected chi connectivity index (χ1v) is 8.97. The van der Waals surface area contributed by atoms with Crippen molar-refractivity contribution in [2.24, 2.45) is 0 Å². The molecule has 0 heterocycles. The lowest BCUT2D eigenvalue weighted by Gasteiger charge is -2.36. The molecule has 0 rings (SSSR count). The Morgan fingerprint density at radius 2 is 1.00 bits per heavy atom. The molecule has 0 aliphatic rings. The van der Waals surface area contributed by atoms with Crippen LogP contribution in [0.1, 0.15) is 19.3 Å². The highest BCUT2D eigenvalue weighted by atomic mass is 79.9. The summed E-state index contributed by atoms with van der Waals surface area (Å²) in [6.07, 6.45) is -33.7. The van der Waals surface area contributed by atoms with Gasteiger partial charge in [-0.15, -0.1) is 0 Å². The molecule has 0 aliphatic carbocycles. The minimum Gasteiger partial charge on any atom is -0.372 e. The number of ether oxygens (including phenoxy) is 3. The highest BCUT2D eigenvalue weighted by Crippen LogP contribution is 2.55. The zero-order chi connectivity index (χ0) is 25.9. The topological polar surface area (TPSA) is 27.7 Å². The van der Waals surface area contributed by atoms with Crippen LogP contribution < -0.4 is 0 Å². The molecule has 0 amide bonds. The number of hydrogen-bond donors (Lipinski definition) is 0. The van der Waals surface area contributed by atoms with Gasteiger partial charge in [-0.1, -0.05) is 22.4 Å². The molecule has 0 saturated heterocycles. The molecule has 0 radical (unpaired) electrons. The molecule has 19 heteroatoms. The van der Waals surface area contributed by atoms with Gasteiger partial charge in [0.2, 0.25) is 0 Å². The van der Waals surface area contributed by atoms with Crippen LogP contribution in [0.4, 0.5) is 65.9 Å². The Kier molecular flexibility index (Phi) is 10.1. The van der Waals surface area contributed by atoms with E-state index in [0.29, 0.717) is 18.2 Å². The first-order chi connectivity index (χ1) is 14.0. The number of hydrogen-bond acceptors (Lipinski definition) is 3. The molecule has 0 aromatic carbocycles. The Hall–Kier alpha value is -0.690. The minimum absolute atomic E-state index is 0.0755. The Bertz CT molecular complexity index is 594. The summed E-state index contributed by atoms with van der Waals surface area (Å²) in [5, 5.41) is 0.506. The lowest BCUT2D eigenvalue weighted by Crippen LogP contribution is -2.64. The van der Waals surface area contributed by atoms with E-state index in [0.717, 1.165) is 0 Å². The molecule has 0 atom stereocenters. The standard InChI is InChI=1S/C13H12BrF15O3/c14-4-2-1-3-5-30-6-7(15,16)31-12(26,27)13(28,29)32-11(24,25)9(19,20)8(17,18)10(21,22)23/h1-6H2. The lowest BCUT2D eigenvalue weighted by molar-refractivity contribution is -0.543. The van der Waals surface area contributed by atoms with E-state index in [2.05, 4.69) is 25.4 Å². The van der Waals surface area contributed by atoms with Crippen LogP contribution in [0, 0.1) is 0 Å². The maximum atomic E-state index is 13.2. The number of halogens is 16. The van der Waals surface area contributed by atoms with E-state index in [4.69, 9.17) is 0 Å². The van der Waals surface area contributed by atoms with E-state index < -0.39 is 55.7 Å². The maximum Gasteiger partial charge on any atom is 0.460 e. The summed E-state index contributed by atoms with van der Waals surface area (Å²) >= 11 is 3.01. The van der Waals surface area contributed by atoms with Crippen LogP contribution in [-0.4, -0.2) is 61.0 Å². The van der Waals surface area contributed by atoms with Crippen LogP contribution in [0.25, 0.3) is 0 Å². The average molecular weight is 581 g/mol. The van der Waals surface area contributed by atoms with Crippen molar-refractivity contribution in [3.63, 3.8) is 0 Å². The van der Waals surface area contributed by atoms with Crippen molar-refractivity contribution in [3.05, 3.63) is 0 Å². The second-order valence-electron chi connectivity index (χ2n) is 5.84. The normalized spacial score (nSPS) is 15.4. The molecule has 194 valence electrons. The van der Waals surface area contributed by atoms with Crippen LogP contribution in [-0.2, 0) is 14.2 Å². The molecular weight excluding hydrogens is 569 g/mol. The van der Waals surface area contributed by atoms with E-state index in [9.17, 15) is 65.9 Å². The molecule has 0 spiro atoms. The molecule has 0 saturated carbocycles. The predicted molar refractivity (Wildman–Crippen MR) is 76.4 cm³/mol. The van der Waals surface area contributed by atoms with E-state index >= 15 is 0 Å². The van der Waals surface area contributed by atoms with E-state index in [-0.39, 0.29) is 6.42 Å². The van der Waals surface area contributed by atoms with Gasteiger partial charge < -0.3 is 4.74 Å². The lowest BCUT2D eigenvalue weighted by atomic mass is 10.1. The molecule has 0 unspecified atom stereocenters. The van der Waals surface area contributed by atoms with Gasteiger partial charge in [0.15, 0.2) is 0 Å². The number of alkyl halides is 16. The number of unbranched alkanes of at least 4 members (excludes halogenated alkanes) is 2. The molecule has 32 heavy (non-hydrogen) atoms. The minimum atomic E-state index is -7.88. The van der Waals surface area contributed by atoms with Crippen molar-refractivity contribution < 1.29 is 80.1 Å². The summed E-state index contributed by atoms with van der Waals surface area (Å²) in [6.45, 7) is -2.72. The molecule has 0 bridgehead atoms. The van der Waals surface area contributed by atoms with Gasteiger partial charge in [-0.05, 0) is 12.8 Å². The Morgan fingerprint density at radius 1 is 0.531 bits per heavy atom. The van der Waals surface area contributed by atoms with Crippen molar-refractivity contribution >= 4 is 15.9 Å². The van der Waals surface area contributed by atoms with Crippen molar-refractivity contribution in [1.29, 1.82) is 0 Å². The van der Waals surface area contributed by atoms with Crippen LogP contribution in [0.15, 0.2) is 0 Å². The molecule has 0 fully saturated rings. The summed E-state index contributed by atoms with van der Waals surface area (Å²) in [5.41, 5.74) is 0. The van der Waals surface area contributed by atoms with Gasteiger partial charge >= 0.3 is 42.5 Å². The van der Waals surface area contributed by atoms with Gasteiger partial charge in [0.05, 0.1) is 0 Å². The fourth-order valence-electron chi connectivity index (χ4n) is 1.59. The van der Waals surface area contributed by atoms with Crippen LogP contribution in [0.2, 0.25) is 0 Å². The molecule has 0 aromatic heterocycles. The first-order valence-electron chi connectivity index (χ1n) is 7.85. The van der Waals surface area contributed by atoms with Gasteiger partial charge in [-0.25, -0.2) is 9.47 Å². The fourth-order valence-corrected chi connectivity index (χ4v) is 1.98. The highest BCUT2D eigenvalue weighted by Gasteiger charge is 2.85. The van der Waals surface area contributed by atoms with Crippen LogP contribution in [0.5, 0.6) is 0 Å². The Labute approximate surface area is 177 Å². The molecule has 0 aliphatic heterocycles. The van der Waals surface area contributed by atoms with Crippen molar-refractivity contribution in [3.8, 4) is 0 Å². The van der Waals surface area contributed by atoms with Gasteiger partial charge in [0.1, 0.15) is 6.61 Å². The molecule has 0 aromatic rings. The van der Waals surface area contributed by atoms with E-state index in [1.807, 2.05) is 0 Å². The summed E-state index contributed by atoms with van der Waals surface area (Å²) in [7, 11) is 0. The van der Waals surface area contributed by atoms with Gasteiger partial charge in [0, 0.05) is 11.9 Å². The maximum absolute atomic E-state index is 13.2. The second-order valence-corrected chi connectivity index (χ2v) is 6.63. The van der Waals surface area contributed by atoms with Crippen molar-refractivity contribution in [2.45, 2.75) is 61.7 Å². The highest BCUT2D eigenvalue weighted by molar-refractivity contribution is 9.09. The quantitative estimate of drug-likeness (QED) is 0.128. The smallest absolute Gasteiger partial charge is 0.372 e. The fraction of sp³-hybridized carbons (Fsp3) is 1.00. The summed E-state index contributed by atoms with van der Waals surface area (Å²) < 4.78 is 200. The van der Waals surface area contributed by atoms with Crippen LogP contribution >= 0.6 is 15.9 Å². The zero-order valence-electron chi connectivity index (χ0n) is 15.0. The summed E-state index contributed by atoms with van der Waals surface area (Å²) in [4.78, 5) is 0.